The molecule has 2 aromatic carbocycles. The van der Waals surface area contributed by atoms with Crippen LogP contribution < -0.4 is 4.74 Å². The van der Waals surface area contributed by atoms with E-state index in [0.29, 0.717) is 16.5 Å². The zero-order chi connectivity index (χ0) is 22.9. The highest BCUT2D eigenvalue weighted by molar-refractivity contribution is 7.89. The van der Waals surface area contributed by atoms with Crippen LogP contribution in [0.2, 0.25) is 5.02 Å². The molecule has 1 aromatic heterocycles. The van der Waals surface area contributed by atoms with E-state index in [9.17, 15) is 13.2 Å². The Bertz CT molecular complexity index is 1250. The monoisotopic (exact) mass is 474 g/mol. The number of sulfonamides is 1. The minimum atomic E-state index is -3.66. The molecule has 0 spiro atoms. The molecule has 0 aliphatic carbocycles. The van der Waals surface area contributed by atoms with Gasteiger partial charge in [-0.2, -0.15) is 9.40 Å². The summed E-state index contributed by atoms with van der Waals surface area (Å²) in [6.07, 6.45) is 1.71. The van der Waals surface area contributed by atoms with Crippen LogP contribution in [0.25, 0.3) is 5.69 Å². The third-order valence-corrected chi connectivity index (χ3v) is 7.48. The van der Waals surface area contributed by atoms with Gasteiger partial charge in [-0.25, -0.2) is 13.1 Å². The number of benzene rings is 2. The van der Waals surface area contributed by atoms with Crippen molar-refractivity contribution in [1.29, 1.82) is 0 Å². The summed E-state index contributed by atoms with van der Waals surface area (Å²) in [4.78, 5) is 14.7. The third-order valence-electron chi connectivity index (χ3n) is 5.35. The number of hydrogen-bond acceptors (Lipinski definition) is 5. The number of piperazine rings is 1. The molecule has 0 unspecified atom stereocenters. The van der Waals surface area contributed by atoms with Crippen molar-refractivity contribution in [3.63, 3.8) is 0 Å². The van der Waals surface area contributed by atoms with Crippen LogP contribution in [-0.2, 0) is 10.0 Å². The summed E-state index contributed by atoms with van der Waals surface area (Å²) in [7, 11) is -2.08. The van der Waals surface area contributed by atoms with E-state index in [1.165, 1.54) is 16.4 Å². The molecular weight excluding hydrogens is 452 g/mol. The second-order valence-corrected chi connectivity index (χ2v) is 9.85. The van der Waals surface area contributed by atoms with Gasteiger partial charge in [0, 0.05) is 37.4 Å². The second-order valence-electron chi connectivity index (χ2n) is 7.47. The van der Waals surface area contributed by atoms with E-state index in [1.807, 2.05) is 25.1 Å². The molecule has 1 aliphatic rings. The molecule has 0 bridgehead atoms. The molecule has 0 N–H and O–H groups in total. The van der Waals surface area contributed by atoms with E-state index in [-0.39, 0.29) is 37.0 Å². The lowest BCUT2D eigenvalue weighted by molar-refractivity contribution is 0.0691. The smallest absolute Gasteiger partial charge is 0.274 e. The van der Waals surface area contributed by atoms with Gasteiger partial charge in [0.1, 0.15) is 11.4 Å². The Morgan fingerprint density at radius 1 is 1.06 bits per heavy atom. The molecule has 1 aliphatic heterocycles. The van der Waals surface area contributed by atoms with Crippen molar-refractivity contribution in [2.75, 3.05) is 33.3 Å². The van der Waals surface area contributed by atoms with Gasteiger partial charge in [0.2, 0.25) is 10.0 Å². The predicted molar refractivity (Wildman–Crippen MR) is 121 cm³/mol. The van der Waals surface area contributed by atoms with E-state index in [1.54, 1.807) is 41.1 Å². The molecule has 1 fully saturated rings. The number of amides is 1. The van der Waals surface area contributed by atoms with Crippen LogP contribution in [0.3, 0.4) is 0 Å². The molecule has 0 saturated carbocycles. The molecule has 168 valence electrons. The molecule has 4 rings (SSSR count). The fourth-order valence-corrected chi connectivity index (χ4v) is 5.34. The van der Waals surface area contributed by atoms with Gasteiger partial charge in [-0.1, -0.05) is 23.7 Å². The fourth-order valence-electron chi connectivity index (χ4n) is 3.62. The van der Waals surface area contributed by atoms with Crippen LogP contribution >= 0.6 is 11.6 Å². The van der Waals surface area contributed by atoms with E-state index >= 15 is 0 Å². The van der Waals surface area contributed by atoms with Crippen LogP contribution in [0.15, 0.2) is 59.6 Å². The maximum absolute atomic E-state index is 13.0. The summed E-state index contributed by atoms with van der Waals surface area (Å²) < 4.78 is 34.1. The molecule has 10 heteroatoms. The number of halogens is 1. The predicted octanol–water partition coefficient (Wildman–Crippen LogP) is 2.99. The molecule has 32 heavy (non-hydrogen) atoms. The van der Waals surface area contributed by atoms with Crippen molar-refractivity contribution in [1.82, 2.24) is 19.0 Å². The first-order chi connectivity index (χ1) is 15.3. The highest BCUT2D eigenvalue weighted by Gasteiger charge is 2.31. The molecule has 0 radical (unpaired) electrons. The van der Waals surface area contributed by atoms with Crippen LogP contribution in [-0.4, -0.2) is 66.6 Å². The van der Waals surface area contributed by atoms with Crippen LogP contribution in [0.5, 0.6) is 5.75 Å². The maximum atomic E-state index is 13.0. The zero-order valence-corrected chi connectivity index (χ0v) is 19.3. The summed E-state index contributed by atoms with van der Waals surface area (Å²) in [6.45, 7) is 2.92. The quantitative estimate of drug-likeness (QED) is 0.567. The van der Waals surface area contributed by atoms with E-state index < -0.39 is 10.0 Å². The Kier molecular flexibility index (Phi) is 6.23. The van der Waals surface area contributed by atoms with Gasteiger partial charge in [-0.15, -0.1) is 0 Å². The average molecular weight is 475 g/mol. The summed E-state index contributed by atoms with van der Waals surface area (Å²) in [5.74, 6) is 0.410. The Morgan fingerprint density at radius 2 is 1.81 bits per heavy atom. The summed E-state index contributed by atoms with van der Waals surface area (Å²) in [6, 6.07) is 13.6. The molecular formula is C22H23ClN4O4S. The number of rotatable bonds is 5. The Morgan fingerprint density at radius 3 is 2.50 bits per heavy atom. The molecule has 8 nitrogen and oxygen atoms in total. The van der Waals surface area contributed by atoms with Gasteiger partial charge in [0.25, 0.3) is 5.91 Å². The fraction of sp³-hybridized carbons (Fsp3) is 0.273. The van der Waals surface area contributed by atoms with E-state index in [2.05, 4.69) is 5.10 Å². The average Bonchev–Trinajstić information content (AvgIpc) is 3.29. The lowest BCUT2D eigenvalue weighted by Crippen LogP contribution is -2.50. The topological polar surface area (TPSA) is 84.7 Å². The second kappa shape index (κ2) is 8.93. The standard InChI is InChI=1S/C22H23ClN4O4S/c1-16-6-7-21(31-2)20(14-16)27-9-8-19(24-27)22(28)25-10-12-26(13-11-25)32(29,30)18-5-3-4-17(23)15-18/h3-9,14-15H,10-13H2,1-2H3. The molecule has 0 atom stereocenters. The van der Waals surface area contributed by atoms with Crippen molar-refractivity contribution in [2.24, 2.45) is 0 Å². The van der Waals surface area contributed by atoms with Crippen molar-refractivity contribution < 1.29 is 17.9 Å². The first-order valence-corrected chi connectivity index (χ1v) is 11.9. The minimum Gasteiger partial charge on any atom is -0.494 e. The Balaban J connectivity index is 1.46. The van der Waals surface area contributed by atoms with Gasteiger partial charge in [-0.05, 0) is 48.9 Å². The number of carbonyl (C=O) groups excluding carboxylic acids is 1. The number of carbonyl (C=O) groups is 1. The van der Waals surface area contributed by atoms with Crippen molar-refractivity contribution in [3.05, 3.63) is 71.0 Å². The number of aryl methyl sites for hydroxylation is 1. The Labute approximate surface area is 192 Å². The van der Waals surface area contributed by atoms with Crippen LogP contribution in [0.1, 0.15) is 16.1 Å². The number of methoxy groups -OCH3 is 1. The number of aromatic nitrogens is 2. The number of hydrogen-bond donors (Lipinski definition) is 0. The van der Waals surface area contributed by atoms with Crippen LogP contribution in [0, 0.1) is 6.92 Å². The Hall–Kier alpha value is -2.88. The summed E-state index contributed by atoms with van der Waals surface area (Å²) in [5.41, 5.74) is 2.07. The molecule has 2 heterocycles. The van der Waals surface area contributed by atoms with Crippen molar-refractivity contribution in [2.45, 2.75) is 11.8 Å². The zero-order valence-electron chi connectivity index (χ0n) is 17.7. The first kappa shape index (κ1) is 22.3. The highest BCUT2D eigenvalue weighted by Crippen LogP contribution is 2.24. The molecule has 1 amide bonds. The summed E-state index contributed by atoms with van der Waals surface area (Å²) >= 11 is 5.94. The largest absolute Gasteiger partial charge is 0.494 e. The van der Waals surface area contributed by atoms with E-state index in [4.69, 9.17) is 16.3 Å². The van der Waals surface area contributed by atoms with Gasteiger partial charge in [0.15, 0.2) is 5.69 Å². The number of nitrogens with zero attached hydrogens (tertiary/aromatic N) is 4. The molecule has 1 saturated heterocycles. The molecule has 3 aromatic rings. The third kappa shape index (κ3) is 4.36. The van der Waals surface area contributed by atoms with Crippen molar-refractivity contribution in [3.8, 4) is 11.4 Å². The SMILES string of the molecule is COc1ccc(C)cc1-n1ccc(C(=O)N2CCN(S(=O)(=O)c3cccc(Cl)c3)CC2)n1. The number of ether oxygens (including phenoxy) is 1. The lowest BCUT2D eigenvalue weighted by Gasteiger charge is -2.33. The summed E-state index contributed by atoms with van der Waals surface area (Å²) in [5, 5.41) is 4.79. The van der Waals surface area contributed by atoms with Gasteiger partial charge >= 0.3 is 0 Å². The van der Waals surface area contributed by atoms with Gasteiger partial charge in [-0.3, -0.25) is 4.79 Å². The van der Waals surface area contributed by atoms with E-state index in [0.717, 1.165) is 11.3 Å². The van der Waals surface area contributed by atoms with Crippen LogP contribution in [0.4, 0.5) is 0 Å². The maximum Gasteiger partial charge on any atom is 0.274 e. The minimum absolute atomic E-state index is 0.149. The van der Waals surface area contributed by atoms with Crippen molar-refractivity contribution >= 4 is 27.5 Å². The lowest BCUT2D eigenvalue weighted by atomic mass is 10.2. The normalized spacial score (nSPS) is 15.0. The van der Waals surface area contributed by atoms with Gasteiger partial charge < -0.3 is 9.64 Å². The first-order valence-electron chi connectivity index (χ1n) is 10.1. The van der Waals surface area contributed by atoms with Gasteiger partial charge in [0.05, 0.1) is 12.0 Å². The highest BCUT2D eigenvalue weighted by atomic mass is 35.5.